The number of nitrogens with one attached hydrogen (secondary N) is 1. The third-order valence-corrected chi connectivity index (χ3v) is 3.39. The summed E-state index contributed by atoms with van der Waals surface area (Å²) in [6.07, 6.45) is 1.97. The van der Waals surface area contributed by atoms with Gasteiger partial charge in [0.15, 0.2) is 5.13 Å². The van der Waals surface area contributed by atoms with E-state index in [1.54, 1.807) is 11.3 Å². The lowest BCUT2D eigenvalue weighted by molar-refractivity contribution is 0.593. The van der Waals surface area contributed by atoms with E-state index in [9.17, 15) is 0 Å². The molecule has 86 valence electrons. The van der Waals surface area contributed by atoms with Gasteiger partial charge in [-0.25, -0.2) is 4.98 Å². The van der Waals surface area contributed by atoms with Gasteiger partial charge in [0, 0.05) is 36.8 Å². The first-order chi connectivity index (χ1) is 7.00. The number of hydrogen-bond acceptors (Lipinski definition) is 4. The Balaban J connectivity index is 2.56. The molecule has 0 fully saturated rings. The number of nitrogens with zero attached hydrogens (tertiary/aromatic N) is 2. The molecule has 0 bridgehead atoms. The maximum atomic E-state index is 4.42. The van der Waals surface area contributed by atoms with Crippen LogP contribution in [0.5, 0.6) is 0 Å². The van der Waals surface area contributed by atoms with Gasteiger partial charge in [0.05, 0.1) is 0 Å². The van der Waals surface area contributed by atoms with Crippen molar-refractivity contribution in [3.8, 4) is 0 Å². The molecule has 0 aliphatic carbocycles. The zero-order valence-electron chi connectivity index (χ0n) is 10.2. The van der Waals surface area contributed by atoms with E-state index in [1.165, 1.54) is 4.88 Å². The van der Waals surface area contributed by atoms with E-state index in [-0.39, 0.29) is 0 Å². The van der Waals surface area contributed by atoms with Gasteiger partial charge in [0.1, 0.15) is 0 Å². The summed E-state index contributed by atoms with van der Waals surface area (Å²) in [5.41, 5.74) is 0. The number of thiazole rings is 1. The molecule has 0 unspecified atom stereocenters. The first kappa shape index (κ1) is 12.5. The minimum absolute atomic E-state index is 0.502. The van der Waals surface area contributed by atoms with Gasteiger partial charge in [-0.1, -0.05) is 13.8 Å². The summed E-state index contributed by atoms with van der Waals surface area (Å²) in [4.78, 5) is 7.92. The average Bonchev–Trinajstić information content (AvgIpc) is 2.61. The van der Waals surface area contributed by atoms with Gasteiger partial charge in [0.25, 0.3) is 0 Å². The van der Waals surface area contributed by atoms with Crippen molar-refractivity contribution < 1.29 is 0 Å². The quantitative estimate of drug-likeness (QED) is 0.837. The summed E-state index contributed by atoms with van der Waals surface area (Å²) < 4.78 is 0. The van der Waals surface area contributed by atoms with E-state index in [1.807, 2.05) is 6.20 Å². The van der Waals surface area contributed by atoms with E-state index in [4.69, 9.17) is 0 Å². The highest BCUT2D eigenvalue weighted by molar-refractivity contribution is 7.15. The Morgan fingerprint density at radius 1 is 1.40 bits per heavy atom. The van der Waals surface area contributed by atoms with E-state index >= 15 is 0 Å². The first-order valence-corrected chi connectivity index (χ1v) is 6.23. The Morgan fingerprint density at radius 2 is 2.07 bits per heavy atom. The predicted molar refractivity (Wildman–Crippen MR) is 67.6 cm³/mol. The Morgan fingerprint density at radius 3 is 2.60 bits per heavy atom. The second kappa shape index (κ2) is 5.47. The van der Waals surface area contributed by atoms with Crippen molar-refractivity contribution in [2.45, 2.75) is 46.3 Å². The van der Waals surface area contributed by atoms with Crippen LogP contribution in [0.4, 0.5) is 5.13 Å². The monoisotopic (exact) mass is 227 g/mol. The van der Waals surface area contributed by atoms with Gasteiger partial charge in [-0.05, 0) is 13.8 Å². The number of hydrogen-bond donors (Lipinski definition) is 1. The van der Waals surface area contributed by atoms with Crippen LogP contribution in [-0.2, 0) is 6.54 Å². The SMILES string of the molecule is CC(C)NCc1cnc(N(C)C(C)C)s1. The minimum atomic E-state index is 0.502. The zero-order chi connectivity index (χ0) is 11.4. The summed E-state index contributed by atoms with van der Waals surface area (Å²) >= 11 is 1.76. The van der Waals surface area contributed by atoms with Crippen molar-refractivity contribution in [2.75, 3.05) is 11.9 Å². The molecule has 1 N–H and O–H groups in total. The number of rotatable bonds is 5. The van der Waals surface area contributed by atoms with Gasteiger partial charge < -0.3 is 10.2 Å². The van der Waals surface area contributed by atoms with E-state index in [0.29, 0.717) is 12.1 Å². The van der Waals surface area contributed by atoms with Crippen LogP contribution < -0.4 is 10.2 Å². The van der Waals surface area contributed by atoms with E-state index in [0.717, 1.165) is 11.7 Å². The zero-order valence-corrected chi connectivity index (χ0v) is 11.1. The van der Waals surface area contributed by atoms with Crippen LogP contribution in [0.1, 0.15) is 32.6 Å². The lowest BCUT2D eigenvalue weighted by Crippen LogP contribution is -2.25. The lowest BCUT2D eigenvalue weighted by Gasteiger charge is -2.19. The van der Waals surface area contributed by atoms with Crippen LogP contribution in [0.2, 0.25) is 0 Å². The normalized spacial score (nSPS) is 11.4. The molecular formula is C11H21N3S. The van der Waals surface area contributed by atoms with Crippen LogP contribution in [-0.4, -0.2) is 24.1 Å². The molecule has 15 heavy (non-hydrogen) atoms. The van der Waals surface area contributed by atoms with Crippen molar-refractivity contribution in [1.29, 1.82) is 0 Å². The Kier molecular flexibility index (Phi) is 4.54. The van der Waals surface area contributed by atoms with E-state index in [2.05, 4.69) is 49.9 Å². The van der Waals surface area contributed by atoms with Crippen LogP contribution >= 0.6 is 11.3 Å². The van der Waals surface area contributed by atoms with Gasteiger partial charge in [-0.2, -0.15) is 0 Å². The Labute approximate surface area is 96.5 Å². The van der Waals surface area contributed by atoms with Crippen molar-refractivity contribution in [3.05, 3.63) is 11.1 Å². The summed E-state index contributed by atoms with van der Waals surface area (Å²) in [7, 11) is 2.09. The molecule has 0 aliphatic heterocycles. The lowest BCUT2D eigenvalue weighted by atomic mass is 10.4. The Bertz CT molecular complexity index is 294. The molecule has 3 nitrogen and oxygen atoms in total. The van der Waals surface area contributed by atoms with Gasteiger partial charge in [-0.3, -0.25) is 0 Å². The third kappa shape index (κ3) is 3.80. The smallest absolute Gasteiger partial charge is 0.185 e. The molecule has 1 rings (SSSR count). The van der Waals surface area contributed by atoms with Crippen molar-refractivity contribution >= 4 is 16.5 Å². The van der Waals surface area contributed by atoms with E-state index < -0.39 is 0 Å². The molecule has 0 spiro atoms. The summed E-state index contributed by atoms with van der Waals surface area (Å²) in [5, 5.41) is 4.50. The van der Waals surface area contributed by atoms with Crippen LogP contribution in [0.3, 0.4) is 0 Å². The molecule has 0 radical (unpaired) electrons. The van der Waals surface area contributed by atoms with Gasteiger partial charge in [-0.15, -0.1) is 11.3 Å². The van der Waals surface area contributed by atoms with Crippen LogP contribution in [0.25, 0.3) is 0 Å². The second-order valence-corrected chi connectivity index (χ2v) is 5.44. The molecular weight excluding hydrogens is 206 g/mol. The highest BCUT2D eigenvalue weighted by Crippen LogP contribution is 2.22. The third-order valence-electron chi connectivity index (χ3n) is 2.30. The maximum absolute atomic E-state index is 4.42. The number of aromatic nitrogens is 1. The average molecular weight is 227 g/mol. The maximum Gasteiger partial charge on any atom is 0.185 e. The largest absolute Gasteiger partial charge is 0.349 e. The fourth-order valence-corrected chi connectivity index (χ4v) is 2.02. The van der Waals surface area contributed by atoms with Crippen molar-refractivity contribution in [2.24, 2.45) is 0 Å². The molecule has 1 aromatic rings. The fourth-order valence-electron chi connectivity index (χ4n) is 1.07. The first-order valence-electron chi connectivity index (χ1n) is 5.41. The molecule has 0 aliphatic rings. The molecule has 4 heteroatoms. The molecule has 0 saturated carbocycles. The summed E-state index contributed by atoms with van der Waals surface area (Å²) in [6, 6.07) is 1.03. The second-order valence-electron chi connectivity index (χ2n) is 4.35. The predicted octanol–water partition coefficient (Wildman–Crippen LogP) is 2.49. The molecule has 1 heterocycles. The standard InChI is InChI=1S/C11H21N3S/c1-8(2)12-6-10-7-13-11(15-10)14(5)9(3)4/h7-9,12H,6H2,1-5H3. The molecule has 1 aromatic heterocycles. The molecule has 0 saturated heterocycles. The molecule has 0 atom stereocenters. The Hall–Kier alpha value is -0.610. The number of anilines is 1. The molecule has 0 amide bonds. The van der Waals surface area contributed by atoms with Gasteiger partial charge >= 0.3 is 0 Å². The van der Waals surface area contributed by atoms with Crippen LogP contribution in [0, 0.1) is 0 Å². The highest BCUT2D eigenvalue weighted by atomic mass is 32.1. The van der Waals surface area contributed by atoms with Crippen LogP contribution in [0.15, 0.2) is 6.20 Å². The fraction of sp³-hybridized carbons (Fsp3) is 0.727. The molecule has 0 aromatic carbocycles. The topological polar surface area (TPSA) is 28.2 Å². The summed E-state index contributed by atoms with van der Waals surface area (Å²) in [5.74, 6) is 0. The highest BCUT2D eigenvalue weighted by Gasteiger charge is 2.09. The van der Waals surface area contributed by atoms with Crippen molar-refractivity contribution in [3.63, 3.8) is 0 Å². The summed E-state index contributed by atoms with van der Waals surface area (Å²) in [6.45, 7) is 9.58. The van der Waals surface area contributed by atoms with Gasteiger partial charge in [0.2, 0.25) is 0 Å². The van der Waals surface area contributed by atoms with Crippen molar-refractivity contribution in [1.82, 2.24) is 10.3 Å². The minimum Gasteiger partial charge on any atom is -0.349 e.